The zero-order valence-corrected chi connectivity index (χ0v) is 16.2. The van der Waals surface area contributed by atoms with Crippen molar-refractivity contribution in [3.8, 4) is 0 Å². The zero-order valence-electron chi connectivity index (χ0n) is 15.5. The van der Waals surface area contributed by atoms with E-state index in [9.17, 15) is 9.59 Å². The van der Waals surface area contributed by atoms with Gasteiger partial charge in [0.1, 0.15) is 5.69 Å². The highest BCUT2D eigenvalue weighted by Gasteiger charge is 2.14. The molecule has 4 aromatic rings. The van der Waals surface area contributed by atoms with Crippen molar-refractivity contribution in [2.24, 2.45) is 0 Å². The molecule has 0 spiro atoms. The summed E-state index contributed by atoms with van der Waals surface area (Å²) in [7, 11) is 0. The van der Waals surface area contributed by atoms with Crippen molar-refractivity contribution in [2.45, 2.75) is 6.92 Å². The van der Waals surface area contributed by atoms with Gasteiger partial charge in [-0.25, -0.2) is 0 Å². The normalized spacial score (nSPS) is 10.7. The molecular formula is C22H17ClN4O2. The molecule has 2 aromatic heterocycles. The minimum absolute atomic E-state index is 0.271. The summed E-state index contributed by atoms with van der Waals surface area (Å²) in [6.45, 7) is 1.84. The van der Waals surface area contributed by atoms with Crippen LogP contribution in [0.25, 0.3) is 10.9 Å². The summed E-state index contributed by atoms with van der Waals surface area (Å²) >= 11 is 6.00. The fourth-order valence-corrected chi connectivity index (χ4v) is 3.18. The lowest BCUT2D eigenvalue weighted by molar-refractivity contribution is 0.101. The number of nitrogens with one attached hydrogen (secondary N) is 3. The molecule has 0 atom stereocenters. The average molecular weight is 405 g/mol. The topological polar surface area (TPSA) is 86.9 Å². The molecule has 0 saturated heterocycles. The summed E-state index contributed by atoms with van der Waals surface area (Å²) in [5.41, 5.74) is 3.61. The Hall–Kier alpha value is -3.64. The minimum atomic E-state index is -0.306. The summed E-state index contributed by atoms with van der Waals surface area (Å²) in [5.74, 6) is -0.577. The molecular weight excluding hydrogens is 388 g/mol. The Morgan fingerprint density at radius 1 is 0.966 bits per heavy atom. The van der Waals surface area contributed by atoms with E-state index < -0.39 is 0 Å². The molecule has 2 aromatic carbocycles. The van der Waals surface area contributed by atoms with Crippen molar-refractivity contribution < 1.29 is 9.59 Å². The van der Waals surface area contributed by atoms with Crippen LogP contribution in [0.3, 0.4) is 0 Å². The minimum Gasteiger partial charge on any atom is -0.351 e. The largest absolute Gasteiger partial charge is 0.351 e. The number of fused-ring (bicyclic) bond motifs is 1. The standard InChI is InChI=1S/C22H17ClN4O2/c1-13-4-6-16(11-18(13)21(28)26-17-3-2-8-24-12-17)25-22(29)20-10-14-9-15(23)5-7-19(14)27-20/h2-12,27H,1H3,(H,25,29)(H,26,28). The van der Waals surface area contributed by atoms with Crippen LogP contribution in [0.5, 0.6) is 0 Å². The van der Waals surface area contributed by atoms with Gasteiger partial charge in [0.2, 0.25) is 0 Å². The van der Waals surface area contributed by atoms with Gasteiger partial charge in [-0.3, -0.25) is 14.6 Å². The van der Waals surface area contributed by atoms with Crippen molar-refractivity contribution >= 4 is 45.7 Å². The Morgan fingerprint density at radius 2 is 1.79 bits per heavy atom. The van der Waals surface area contributed by atoms with E-state index in [0.717, 1.165) is 16.5 Å². The highest BCUT2D eigenvalue weighted by atomic mass is 35.5. The number of aromatic nitrogens is 2. The number of aryl methyl sites for hydroxylation is 1. The molecule has 29 heavy (non-hydrogen) atoms. The van der Waals surface area contributed by atoms with Crippen LogP contribution < -0.4 is 10.6 Å². The maximum Gasteiger partial charge on any atom is 0.272 e. The molecule has 4 rings (SSSR count). The monoisotopic (exact) mass is 404 g/mol. The fourth-order valence-electron chi connectivity index (χ4n) is 3.00. The summed E-state index contributed by atoms with van der Waals surface area (Å²) in [6, 6.07) is 15.8. The van der Waals surface area contributed by atoms with Crippen molar-refractivity contribution in [2.75, 3.05) is 10.6 Å². The van der Waals surface area contributed by atoms with Gasteiger partial charge in [-0.15, -0.1) is 0 Å². The van der Waals surface area contributed by atoms with Crippen molar-refractivity contribution in [3.63, 3.8) is 0 Å². The molecule has 0 unspecified atom stereocenters. The number of pyridine rings is 1. The molecule has 0 radical (unpaired) electrons. The Labute approximate surface area is 171 Å². The van der Waals surface area contributed by atoms with Gasteiger partial charge < -0.3 is 15.6 Å². The number of hydrogen-bond donors (Lipinski definition) is 3. The average Bonchev–Trinajstić information content (AvgIpc) is 3.13. The van der Waals surface area contributed by atoms with Crippen LogP contribution in [-0.4, -0.2) is 21.8 Å². The first-order chi connectivity index (χ1) is 14.0. The summed E-state index contributed by atoms with van der Waals surface area (Å²) in [5, 5.41) is 7.08. The molecule has 2 amide bonds. The molecule has 0 aliphatic heterocycles. The number of carbonyl (C=O) groups is 2. The van der Waals surface area contributed by atoms with Gasteiger partial charge >= 0.3 is 0 Å². The first-order valence-corrected chi connectivity index (χ1v) is 9.29. The third-order valence-corrected chi connectivity index (χ3v) is 4.72. The Bertz CT molecular complexity index is 1220. The van der Waals surface area contributed by atoms with Crippen molar-refractivity contribution in [1.29, 1.82) is 0 Å². The summed E-state index contributed by atoms with van der Waals surface area (Å²) < 4.78 is 0. The first kappa shape index (κ1) is 18.7. The molecule has 144 valence electrons. The second kappa shape index (κ2) is 7.77. The molecule has 0 saturated carbocycles. The SMILES string of the molecule is Cc1ccc(NC(=O)c2cc3cc(Cl)ccc3[nH]2)cc1C(=O)Nc1cccnc1. The number of aromatic amines is 1. The Kier molecular flexibility index (Phi) is 5.01. The lowest BCUT2D eigenvalue weighted by Crippen LogP contribution is -2.16. The van der Waals surface area contributed by atoms with Crippen LogP contribution in [0.2, 0.25) is 5.02 Å². The van der Waals surface area contributed by atoms with Crippen LogP contribution >= 0.6 is 11.6 Å². The third kappa shape index (κ3) is 4.12. The number of nitrogens with zero attached hydrogens (tertiary/aromatic N) is 1. The smallest absolute Gasteiger partial charge is 0.272 e. The maximum atomic E-state index is 12.6. The Balaban J connectivity index is 1.54. The predicted octanol–water partition coefficient (Wildman–Crippen LogP) is 5.03. The first-order valence-electron chi connectivity index (χ1n) is 8.91. The molecule has 0 bridgehead atoms. The van der Waals surface area contributed by atoms with Crippen LogP contribution in [-0.2, 0) is 0 Å². The zero-order chi connectivity index (χ0) is 20.4. The highest BCUT2D eigenvalue weighted by molar-refractivity contribution is 6.31. The van der Waals surface area contributed by atoms with Gasteiger partial charge in [0, 0.05) is 33.4 Å². The van der Waals surface area contributed by atoms with Crippen LogP contribution in [0.15, 0.2) is 67.0 Å². The van der Waals surface area contributed by atoms with E-state index in [1.54, 1.807) is 60.9 Å². The molecule has 0 aliphatic rings. The van der Waals surface area contributed by atoms with Gasteiger partial charge in [-0.1, -0.05) is 17.7 Å². The quantitative estimate of drug-likeness (QED) is 0.446. The molecule has 6 nitrogen and oxygen atoms in total. The highest BCUT2D eigenvalue weighted by Crippen LogP contribution is 2.22. The summed E-state index contributed by atoms with van der Waals surface area (Å²) in [4.78, 5) is 32.3. The second-order valence-electron chi connectivity index (χ2n) is 6.59. The van der Waals surface area contributed by atoms with Crippen LogP contribution in [0.1, 0.15) is 26.4 Å². The number of anilines is 2. The fraction of sp³-hybridized carbons (Fsp3) is 0.0455. The van der Waals surface area contributed by atoms with Crippen LogP contribution in [0.4, 0.5) is 11.4 Å². The van der Waals surface area contributed by atoms with E-state index >= 15 is 0 Å². The maximum absolute atomic E-state index is 12.6. The van der Waals surface area contributed by atoms with E-state index in [0.29, 0.717) is 27.7 Å². The number of amides is 2. The van der Waals surface area contributed by atoms with E-state index in [4.69, 9.17) is 11.6 Å². The predicted molar refractivity (Wildman–Crippen MR) is 115 cm³/mol. The van der Waals surface area contributed by atoms with Gasteiger partial charge in [0.15, 0.2) is 0 Å². The third-order valence-electron chi connectivity index (χ3n) is 4.49. The number of rotatable bonds is 4. The van der Waals surface area contributed by atoms with E-state index in [1.807, 2.05) is 13.0 Å². The van der Waals surface area contributed by atoms with Gasteiger partial charge in [0.25, 0.3) is 11.8 Å². The van der Waals surface area contributed by atoms with E-state index in [-0.39, 0.29) is 11.8 Å². The summed E-state index contributed by atoms with van der Waals surface area (Å²) in [6.07, 6.45) is 3.20. The Morgan fingerprint density at radius 3 is 2.59 bits per heavy atom. The van der Waals surface area contributed by atoms with Gasteiger partial charge in [-0.05, 0) is 61.0 Å². The van der Waals surface area contributed by atoms with E-state index in [1.165, 1.54) is 0 Å². The lowest BCUT2D eigenvalue weighted by atomic mass is 10.1. The molecule has 2 heterocycles. The number of H-pyrrole nitrogens is 1. The van der Waals surface area contributed by atoms with Crippen LogP contribution in [0, 0.1) is 6.92 Å². The molecule has 7 heteroatoms. The van der Waals surface area contributed by atoms with Gasteiger partial charge in [-0.2, -0.15) is 0 Å². The number of halogens is 1. The number of hydrogen-bond acceptors (Lipinski definition) is 3. The second-order valence-corrected chi connectivity index (χ2v) is 7.03. The molecule has 0 aliphatic carbocycles. The van der Waals surface area contributed by atoms with Crippen molar-refractivity contribution in [1.82, 2.24) is 9.97 Å². The van der Waals surface area contributed by atoms with Gasteiger partial charge in [0.05, 0.1) is 11.9 Å². The molecule has 0 fully saturated rings. The number of benzene rings is 2. The van der Waals surface area contributed by atoms with E-state index in [2.05, 4.69) is 20.6 Å². The lowest BCUT2D eigenvalue weighted by Gasteiger charge is -2.10. The number of carbonyl (C=O) groups excluding carboxylic acids is 2. The van der Waals surface area contributed by atoms with Crippen molar-refractivity contribution in [3.05, 3.63) is 88.8 Å². The molecule has 3 N–H and O–H groups in total.